The van der Waals surface area contributed by atoms with E-state index in [-0.39, 0.29) is 35.9 Å². The van der Waals surface area contributed by atoms with Crippen LogP contribution in [0.1, 0.15) is 40.5 Å². The number of carbonyl (C=O) groups excluding carboxylic acids is 1. The van der Waals surface area contributed by atoms with Crippen molar-refractivity contribution in [1.29, 1.82) is 0 Å². The lowest BCUT2D eigenvalue weighted by molar-refractivity contribution is -0.172. The lowest BCUT2D eigenvalue weighted by Crippen LogP contribution is -2.70. The lowest BCUT2D eigenvalue weighted by Gasteiger charge is -2.59. The van der Waals surface area contributed by atoms with Crippen LogP contribution >= 0.6 is 12.4 Å². The van der Waals surface area contributed by atoms with Gasteiger partial charge in [0.2, 0.25) is 5.91 Å². The smallest absolute Gasteiger partial charge is 0.236 e. The Hall–Kier alpha value is -0.320. The molecule has 1 rings (SSSR count). The van der Waals surface area contributed by atoms with Crippen LogP contribution in [-0.4, -0.2) is 31.2 Å². The fourth-order valence-corrected chi connectivity index (χ4v) is 3.38. The van der Waals surface area contributed by atoms with Gasteiger partial charge in [-0.1, -0.05) is 20.8 Å². The normalized spacial score (nSPS) is 30.9. The fourth-order valence-electron chi connectivity index (χ4n) is 3.38. The van der Waals surface area contributed by atoms with Crippen LogP contribution in [0.25, 0.3) is 0 Å². The molecule has 0 aliphatic heterocycles. The van der Waals surface area contributed by atoms with E-state index in [1.165, 1.54) is 0 Å². The summed E-state index contributed by atoms with van der Waals surface area (Å²) in [6.07, 6.45) is 2.25. The number of hydrogen-bond donors (Lipinski definition) is 2. The molecule has 0 saturated heterocycles. The second kappa shape index (κ2) is 6.73. The summed E-state index contributed by atoms with van der Waals surface area (Å²) in [6, 6.07) is -0.267. The van der Waals surface area contributed by atoms with E-state index >= 15 is 0 Å². The summed E-state index contributed by atoms with van der Waals surface area (Å²) in [6.45, 7) is 8.16. The first-order chi connectivity index (χ1) is 7.94. The van der Waals surface area contributed by atoms with Crippen molar-refractivity contribution in [2.24, 2.45) is 17.1 Å². The van der Waals surface area contributed by atoms with Crippen LogP contribution in [0.4, 0.5) is 0 Å². The first kappa shape index (κ1) is 17.7. The van der Waals surface area contributed by atoms with Gasteiger partial charge in [-0.3, -0.25) is 4.79 Å². The molecular formula is C13H27ClN2O2. The van der Waals surface area contributed by atoms with E-state index < -0.39 is 6.04 Å². The molecule has 5 heteroatoms. The molecule has 0 radical (unpaired) electrons. The van der Waals surface area contributed by atoms with Crippen LogP contribution in [0.3, 0.4) is 0 Å². The highest BCUT2D eigenvalue weighted by molar-refractivity contribution is 5.85. The second-order valence-corrected chi connectivity index (χ2v) is 5.23. The standard InChI is InChI=1S/C13H26N2O2.ClH/c1-6-13(7-2)10(8(3)11(13)17-5)15-12(16)9(4)14;/h8-11H,6-7,14H2,1-5H3,(H,15,16);1H. The van der Waals surface area contributed by atoms with Crippen molar-refractivity contribution in [3.63, 3.8) is 0 Å². The molecular weight excluding hydrogens is 252 g/mol. The van der Waals surface area contributed by atoms with Crippen molar-refractivity contribution >= 4 is 18.3 Å². The van der Waals surface area contributed by atoms with E-state index in [1.54, 1.807) is 14.0 Å². The van der Waals surface area contributed by atoms with E-state index in [9.17, 15) is 4.79 Å². The molecule has 0 aromatic carbocycles. The largest absolute Gasteiger partial charge is 0.380 e. The van der Waals surface area contributed by atoms with Gasteiger partial charge in [0.1, 0.15) is 0 Å². The number of rotatable bonds is 5. The third-order valence-electron chi connectivity index (χ3n) is 4.47. The van der Waals surface area contributed by atoms with Crippen molar-refractivity contribution in [1.82, 2.24) is 5.32 Å². The Labute approximate surface area is 116 Å². The Bertz CT molecular complexity index is 280. The number of halogens is 1. The van der Waals surface area contributed by atoms with Gasteiger partial charge in [0.05, 0.1) is 12.1 Å². The summed E-state index contributed by atoms with van der Waals surface area (Å²) in [5, 5.41) is 3.08. The minimum absolute atomic E-state index is 0. The van der Waals surface area contributed by atoms with Gasteiger partial charge in [0.25, 0.3) is 0 Å². The van der Waals surface area contributed by atoms with Gasteiger partial charge in [0.15, 0.2) is 0 Å². The summed E-state index contributed by atoms with van der Waals surface area (Å²) in [5.74, 6) is 0.283. The number of hydrogen-bond acceptors (Lipinski definition) is 3. The van der Waals surface area contributed by atoms with E-state index in [0.717, 1.165) is 12.8 Å². The summed E-state index contributed by atoms with van der Waals surface area (Å²) >= 11 is 0. The fraction of sp³-hybridized carbons (Fsp3) is 0.923. The van der Waals surface area contributed by atoms with Crippen LogP contribution < -0.4 is 11.1 Å². The van der Waals surface area contributed by atoms with Crippen molar-refractivity contribution < 1.29 is 9.53 Å². The summed E-state index contributed by atoms with van der Waals surface area (Å²) in [4.78, 5) is 11.7. The zero-order chi connectivity index (χ0) is 13.2. The zero-order valence-corrected chi connectivity index (χ0v) is 12.8. The van der Waals surface area contributed by atoms with Crippen LogP contribution in [0.5, 0.6) is 0 Å². The molecule has 4 atom stereocenters. The Balaban J connectivity index is 0.00000289. The highest BCUT2D eigenvalue weighted by Crippen LogP contribution is 2.52. The Morgan fingerprint density at radius 3 is 2.28 bits per heavy atom. The highest BCUT2D eigenvalue weighted by atomic mass is 35.5. The van der Waals surface area contributed by atoms with Gasteiger partial charge in [-0.2, -0.15) is 0 Å². The number of amides is 1. The van der Waals surface area contributed by atoms with Gasteiger partial charge in [-0.25, -0.2) is 0 Å². The van der Waals surface area contributed by atoms with Crippen molar-refractivity contribution in [3.05, 3.63) is 0 Å². The Morgan fingerprint density at radius 2 is 1.94 bits per heavy atom. The van der Waals surface area contributed by atoms with Gasteiger partial charge >= 0.3 is 0 Å². The molecule has 4 unspecified atom stereocenters. The molecule has 1 fully saturated rings. The van der Waals surface area contributed by atoms with Crippen molar-refractivity contribution in [2.45, 2.75) is 58.7 Å². The molecule has 1 amide bonds. The molecule has 108 valence electrons. The van der Waals surface area contributed by atoms with Gasteiger partial charge in [-0.05, 0) is 19.8 Å². The Morgan fingerprint density at radius 1 is 1.44 bits per heavy atom. The molecule has 1 aliphatic carbocycles. The molecule has 3 N–H and O–H groups in total. The third-order valence-corrected chi connectivity index (χ3v) is 4.47. The highest BCUT2D eigenvalue weighted by Gasteiger charge is 2.58. The number of methoxy groups -OCH3 is 1. The quantitative estimate of drug-likeness (QED) is 0.805. The van der Waals surface area contributed by atoms with E-state index in [2.05, 4.69) is 26.1 Å². The maximum Gasteiger partial charge on any atom is 0.236 e. The average Bonchev–Trinajstić information content (AvgIpc) is 2.31. The lowest BCUT2D eigenvalue weighted by atomic mass is 9.53. The molecule has 4 nitrogen and oxygen atoms in total. The maximum absolute atomic E-state index is 11.7. The number of nitrogens with two attached hydrogens (primary N) is 1. The van der Waals surface area contributed by atoms with Gasteiger partial charge < -0.3 is 15.8 Å². The number of carbonyl (C=O) groups is 1. The van der Waals surface area contributed by atoms with E-state index in [0.29, 0.717) is 5.92 Å². The topological polar surface area (TPSA) is 64.4 Å². The van der Waals surface area contributed by atoms with E-state index in [1.807, 2.05) is 0 Å². The SMILES string of the molecule is CCC1(CC)C(NC(=O)C(C)N)C(C)C1OC.Cl. The van der Waals surface area contributed by atoms with Crippen molar-refractivity contribution in [2.75, 3.05) is 7.11 Å². The number of ether oxygens (including phenoxy) is 1. The monoisotopic (exact) mass is 278 g/mol. The predicted octanol–water partition coefficient (Wildman–Crippen LogP) is 1.71. The molecule has 1 aliphatic rings. The first-order valence-corrected chi connectivity index (χ1v) is 6.53. The van der Waals surface area contributed by atoms with E-state index in [4.69, 9.17) is 10.5 Å². The summed E-state index contributed by atoms with van der Waals surface area (Å²) in [7, 11) is 1.75. The zero-order valence-electron chi connectivity index (χ0n) is 12.0. The van der Waals surface area contributed by atoms with Crippen LogP contribution in [0.15, 0.2) is 0 Å². The maximum atomic E-state index is 11.7. The van der Waals surface area contributed by atoms with Crippen molar-refractivity contribution in [3.8, 4) is 0 Å². The average molecular weight is 279 g/mol. The minimum Gasteiger partial charge on any atom is -0.380 e. The molecule has 0 spiro atoms. The molecule has 0 heterocycles. The van der Waals surface area contributed by atoms with Gasteiger partial charge in [0, 0.05) is 24.5 Å². The Kier molecular flexibility index (Phi) is 6.61. The third kappa shape index (κ3) is 2.65. The summed E-state index contributed by atoms with van der Waals surface area (Å²) < 4.78 is 5.59. The predicted molar refractivity (Wildman–Crippen MR) is 75.8 cm³/mol. The molecule has 0 bridgehead atoms. The van der Waals surface area contributed by atoms with Crippen LogP contribution in [-0.2, 0) is 9.53 Å². The second-order valence-electron chi connectivity index (χ2n) is 5.23. The molecule has 18 heavy (non-hydrogen) atoms. The summed E-state index contributed by atoms with van der Waals surface area (Å²) in [5.41, 5.74) is 5.67. The van der Waals surface area contributed by atoms with Gasteiger partial charge in [-0.15, -0.1) is 12.4 Å². The van der Waals surface area contributed by atoms with Crippen LogP contribution in [0.2, 0.25) is 0 Å². The molecule has 0 aromatic rings. The first-order valence-electron chi connectivity index (χ1n) is 6.53. The minimum atomic E-state index is -0.449. The number of nitrogens with one attached hydrogen (secondary N) is 1. The molecule has 1 saturated carbocycles. The van der Waals surface area contributed by atoms with Crippen LogP contribution in [0, 0.1) is 11.3 Å². The molecule has 0 aromatic heterocycles.